The van der Waals surface area contributed by atoms with Crippen LogP contribution in [0.3, 0.4) is 0 Å². The van der Waals surface area contributed by atoms with Crippen LogP contribution in [0.5, 0.6) is 0 Å². The second kappa shape index (κ2) is 5.74. The molecule has 6 nitrogen and oxygen atoms in total. The zero-order chi connectivity index (χ0) is 10.2. The fraction of sp³-hybridized carbons (Fsp3) is 0.375. The van der Waals surface area contributed by atoms with Crippen molar-refractivity contribution in [2.24, 2.45) is 5.16 Å². The monoisotopic (exact) mass is 197 g/mol. The van der Waals surface area contributed by atoms with E-state index in [0.717, 1.165) is 0 Å². The number of ether oxygens (including phenoxy) is 1. The summed E-state index contributed by atoms with van der Waals surface area (Å²) in [6.45, 7) is 1.89. The highest BCUT2D eigenvalue weighted by Crippen LogP contribution is 1.87. The minimum absolute atomic E-state index is 0.182. The first-order valence-corrected chi connectivity index (χ1v) is 4.13. The quantitative estimate of drug-likeness (QED) is 0.419. The van der Waals surface area contributed by atoms with E-state index >= 15 is 0 Å². The van der Waals surface area contributed by atoms with Crippen molar-refractivity contribution in [1.29, 1.82) is 0 Å². The molecule has 1 aromatic rings. The summed E-state index contributed by atoms with van der Waals surface area (Å²) in [6, 6.07) is 1.72. The van der Waals surface area contributed by atoms with Gasteiger partial charge in [-0.25, -0.2) is 4.79 Å². The molecule has 0 amide bonds. The Morgan fingerprint density at radius 3 is 3.29 bits per heavy atom. The largest absolute Gasteiger partial charge is 0.463 e. The number of hydrogen-bond acceptors (Lipinski definition) is 5. The van der Waals surface area contributed by atoms with Gasteiger partial charge in [-0.15, -0.1) is 0 Å². The van der Waals surface area contributed by atoms with Gasteiger partial charge in [0.05, 0.1) is 18.5 Å². The lowest BCUT2D eigenvalue weighted by Crippen LogP contribution is -2.10. The SMILES string of the molecule is CCOC(=O)CO/N=C/c1ccn[nH]1. The van der Waals surface area contributed by atoms with Crippen molar-refractivity contribution in [3.8, 4) is 0 Å². The number of aromatic amines is 1. The van der Waals surface area contributed by atoms with Gasteiger partial charge in [-0.05, 0) is 13.0 Å². The maximum absolute atomic E-state index is 10.8. The Kier molecular flexibility index (Phi) is 4.19. The highest BCUT2D eigenvalue weighted by atomic mass is 16.6. The number of nitrogens with one attached hydrogen (secondary N) is 1. The molecular weight excluding hydrogens is 186 g/mol. The standard InChI is InChI=1S/C8H11N3O3/c1-2-13-8(12)6-14-10-5-7-3-4-9-11-7/h3-5H,2,6H2,1H3,(H,9,11)/b10-5+. The van der Waals surface area contributed by atoms with Crippen molar-refractivity contribution in [3.63, 3.8) is 0 Å². The van der Waals surface area contributed by atoms with Crippen molar-refractivity contribution in [1.82, 2.24) is 10.2 Å². The third-order valence-electron chi connectivity index (χ3n) is 1.28. The highest BCUT2D eigenvalue weighted by Gasteiger charge is 1.99. The number of carbonyl (C=O) groups excluding carboxylic acids is 1. The molecule has 0 spiro atoms. The van der Waals surface area contributed by atoms with Crippen LogP contribution in [0.2, 0.25) is 0 Å². The van der Waals surface area contributed by atoms with Gasteiger partial charge in [0.15, 0.2) is 0 Å². The van der Waals surface area contributed by atoms with Crippen molar-refractivity contribution in [2.45, 2.75) is 6.92 Å². The van der Waals surface area contributed by atoms with Crippen LogP contribution in [0.1, 0.15) is 12.6 Å². The first kappa shape index (κ1) is 10.2. The Bertz CT molecular complexity index is 295. The third-order valence-corrected chi connectivity index (χ3v) is 1.28. The summed E-state index contributed by atoms with van der Waals surface area (Å²) in [7, 11) is 0. The molecule has 0 bridgehead atoms. The molecule has 0 aromatic carbocycles. The molecule has 0 aliphatic heterocycles. The number of oxime groups is 1. The molecule has 0 saturated heterocycles. The van der Waals surface area contributed by atoms with Gasteiger partial charge < -0.3 is 9.57 Å². The highest BCUT2D eigenvalue weighted by molar-refractivity contribution is 5.76. The topological polar surface area (TPSA) is 76.6 Å². The maximum atomic E-state index is 10.8. The van der Waals surface area contributed by atoms with Gasteiger partial charge in [-0.2, -0.15) is 5.10 Å². The van der Waals surface area contributed by atoms with Crippen LogP contribution in [-0.2, 0) is 14.4 Å². The Hall–Kier alpha value is -1.85. The van der Waals surface area contributed by atoms with E-state index in [1.54, 1.807) is 19.2 Å². The zero-order valence-corrected chi connectivity index (χ0v) is 7.77. The predicted octanol–water partition coefficient (Wildman–Crippen LogP) is 0.323. The van der Waals surface area contributed by atoms with Gasteiger partial charge in [0.25, 0.3) is 0 Å². The summed E-state index contributed by atoms with van der Waals surface area (Å²) in [6.07, 6.45) is 3.01. The third kappa shape index (κ3) is 3.70. The first-order chi connectivity index (χ1) is 6.83. The molecule has 0 fully saturated rings. The lowest BCUT2D eigenvalue weighted by atomic mass is 10.5. The summed E-state index contributed by atoms with van der Waals surface area (Å²) >= 11 is 0. The molecule has 14 heavy (non-hydrogen) atoms. The van der Waals surface area contributed by atoms with Crippen LogP contribution in [0, 0.1) is 0 Å². The van der Waals surface area contributed by atoms with Gasteiger partial charge >= 0.3 is 5.97 Å². The molecule has 76 valence electrons. The number of hydrogen-bond donors (Lipinski definition) is 1. The second-order valence-electron chi connectivity index (χ2n) is 2.32. The molecule has 0 aliphatic carbocycles. The van der Waals surface area contributed by atoms with E-state index < -0.39 is 5.97 Å². The molecule has 1 aromatic heterocycles. The van der Waals surface area contributed by atoms with Gasteiger partial charge in [0.2, 0.25) is 6.61 Å². The number of esters is 1. The van der Waals surface area contributed by atoms with Crippen molar-refractivity contribution < 1.29 is 14.4 Å². The second-order valence-corrected chi connectivity index (χ2v) is 2.32. The van der Waals surface area contributed by atoms with Gasteiger partial charge in [0, 0.05) is 6.20 Å². The van der Waals surface area contributed by atoms with Crippen molar-refractivity contribution >= 4 is 12.2 Å². The Balaban J connectivity index is 2.18. The van der Waals surface area contributed by atoms with E-state index in [9.17, 15) is 4.79 Å². The summed E-state index contributed by atoms with van der Waals surface area (Å²) in [5, 5.41) is 9.90. The smallest absolute Gasteiger partial charge is 0.347 e. The maximum Gasteiger partial charge on any atom is 0.347 e. The Morgan fingerprint density at radius 1 is 1.79 bits per heavy atom. The van der Waals surface area contributed by atoms with E-state index in [0.29, 0.717) is 12.3 Å². The van der Waals surface area contributed by atoms with Crippen LogP contribution in [0.4, 0.5) is 0 Å². The van der Waals surface area contributed by atoms with Gasteiger partial charge in [-0.3, -0.25) is 5.10 Å². The van der Waals surface area contributed by atoms with Gasteiger partial charge in [-0.1, -0.05) is 5.16 Å². The zero-order valence-electron chi connectivity index (χ0n) is 7.77. The average Bonchev–Trinajstić information content (AvgIpc) is 2.65. The predicted molar refractivity (Wildman–Crippen MR) is 48.8 cm³/mol. The van der Waals surface area contributed by atoms with Crippen LogP contribution >= 0.6 is 0 Å². The van der Waals surface area contributed by atoms with E-state index in [2.05, 4.69) is 24.9 Å². The number of carbonyl (C=O) groups is 1. The number of rotatable bonds is 5. The Morgan fingerprint density at radius 2 is 2.64 bits per heavy atom. The summed E-state index contributed by atoms with van der Waals surface area (Å²) in [5.74, 6) is -0.436. The normalized spacial score (nSPS) is 10.4. The molecule has 6 heteroatoms. The van der Waals surface area contributed by atoms with E-state index in [1.165, 1.54) is 6.21 Å². The van der Waals surface area contributed by atoms with E-state index in [-0.39, 0.29) is 6.61 Å². The minimum atomic E-state index is -0.436. The molecule has 1 N–H and O–H groups in total. The van der Waals surface area contributed by atoms with Crippen LogP contribution < -0.4 is 0 Å². The molecule has 0 unspecified atom stereocenters. The summed E-state index contributed by atoms with van der Waals surface area (Å²) < 4.78 is 4.62. The lowest BCUT2D eigenvalue weighted by Gasteiger charge is -1.98. The number of H-pyrrole nitrogens is 1. The lowest BCUT2D eigenvalue weighted by molar-refractivity contribution is -0.148. The molecule has 1 rings (SSSR count). The summed E-state index contributed by atoms with van der Waals surface area (Å²) in [5.41, 5.74) is 0.703. The van der Waals surface area contributed by atoms with Crippen LogP contribution in [-0.4, -0.2) is 35.6 Å². The average molecular weight is 197 g/mol. The molecule has 0 aliphatic rings. The Labute approximate surface area is 80.9 Å². The number of nitrogens with zero attached hydrogens (tertiary/aromatic N) is 2. The van der Waals surface area contributed by atoms with Gasteiger partial charge in [0.1, 0.15) is 0 Å². The fourth-order valence-corrected chi connectivity index (χ4v) is 0.725. The van der Waals surface area contributed by atoms with E-state index in [1.807, 2.05) is 0 Å². The van der Waals surface area contributed by atoms with Crippen LogP contribution in [0.15, 0.2) is 17.4 Å². The van der Waals surface area contributed by atoms with E-state index in [4.69, 9.17) is 0 Å². The first-order valence-electron chi connectivity index (χ1n) is 4.13. The molecule has 0 radical (unpaired) electrons. The van der Waals surface area contributed by atoms with Crippen LogP contribution in [0.25, 0.3) is 0 Å². The van der Waals surface area contributed by atoms with Crippen molar-refractivity contribution in [2.75, 3.05) is 13.2 Å². The minimum Gasteiger partial charge on any atom is -0.463 e. The fourth-order valence-electron chi connectivity index (χ4n) is 0.725. The molecule has 0 atom stereocenters. The molecule has 0 saturated carbocycles. The number of aromatic nitrogens is 2. The molecular formula is C8H11N3O3. The summed E-state index contributed by atoms with van der Waals surface area (Å²) in [4.78, 5) is 15.4. The van der Waals surface area contributed by atoms with Crippen molar-refractivity contribution in [3.05, 3.63) is 18.0 Å². The molecule has 1 heterocycles.